The zero-order valence-corrected chi connectivity index (χ0v) is 23.3. The molecule has 6 aromatic rings. The van der Waals surface area contributed by atoms with Gasteiger partial charge in [0.2, 0.25) is 5.82 Å². The molecular weight excluding hydrogens is 624 g/mol. The molecule has 0 amide bonds. The molecule has 0 aliphatic carbocycles. The van der Waals surface area contributed by atoms with Gasteiger partial charge in [0.25, 0.3) is 5.56 Å². The zero-order valence-electron chi connectivity index (χ0n) is 21.2. The molecule has 4 aromatic carbocycles. The number of nitrogens with zero attached hydrogens (tertiary/aromatic N) is 3. The fraction of sp³-hybridized carbons (Fsp3) is 0.0645. The average Bonchev–Trinajstić information content (AvgIpc) is 3.41. The molecule has 0 aliphatic rings. The monoisotopic (exact) mass is 645 g/mol. The number of aromatic nitrogens is 2. The Morgan fingerprint density at radius 2 is 1.80 bits per heavy atom. The van der Waals surface area contributed by atoms with Crippen LogP contribution in [0.25, 0.3) is 33.5 Å². The standard InChI is InChI=1S/C31H21FIN3O4/c1-38-26-7-4-8-27-23(26)16-29(40-27)30-35-25-6-3-2-5-22(25)31(37)36(30)34-17-20-11-14-28(24(33)15-20)39-18-19-9-12-21(32)13-10-19/h2-17H,18H2,1H3. The highest BCUT2D eigenvalue weighted by Gasteiger charge is 2.18. The highest BCUT2D eigenvalue weighted by molar-refractivity contribution is 14.1. The Morgan fingerprint density at radius 1 is 0.975 bits per heavy atom. The summed E-state index contributed by atoms with van der Waals surface area (Å²) >= 11 is 2.18. The van der Waals surface area contributed by atoms with Crippen LogP contribution >= 0.6 is 22.6 Å². The maximum absolute atomic E-state index is 13.5. The summed E-state index contributed by atoms with van der Waals surface area (Å²) in [5.74, 6) is 1.71. The molecule has 2 heterocycles. The van der Waals surface area contributed by atoms with Gasteiger partial charge in [-0.05, 0) is 94.4 Å². The number of halogens is 2. The number of methoxy groups -OCH3 is 1. The minimum Gasteiger partial charge on any atom is -0.496 e. The van der Waals surface area contributed by atoms with E-state index in [1.807, 2.05) is 42.5 Å². The lowest BCUT2D eigenvalue weighted by Crippen LogP contribution is -2.20. The Kier molecular flexibility index (Phi) is 7.04. The number of fused-ring (bicyclic) bond motifs is 2. The van der Waals surface area contributed by atoms with Crippen LogP contribution in [0.3, 0.4) is 0 Å². The van der Waals surface area contributed by atoms with Gasteiger partial charge in [-0.3, -0.25) is 4.79 Å². The first kappa shape index (κ1) is 25.8. The molecule has 0 aliphatic heterocycles. The average molecular weight is 645 g/mol. The lowest BCUT2D eigenvalue weighted by molar-refractivity contribution is 0.304. The van der Waals surface area contributed by atoms with Crippen molar-refractivity contribution in [2.75, 3.05) is 7.11 Å². The Bertz CT molecular complexity index is 1950. The number of para-hydroxylation sites is 1. The van der Waals surface area contributed by atoms with E-state index in [1.54, 1.807) is 49.7 Å². The van der Waals surface area contributed by atoms with Crippen molar-refractivity contribution < 1.29 is 18.3 Å². The molecular formula is C31H21FIN3O4. The van der Waals surface area contributed by atoms with Gasteiger partial charge in [-0.15, -0.1) is 0 Å². The van der Waals surface area contributed by atoms with Crippen molar-refractivity contribution in [1.29, 1.82) is 0 Å². The molecule has 0 atom stereocenters. The predicted molar refractivity (Wildman–Crippen MR) is 161 cm³/mol. The Balaban J connectivity index is 1.36. The van der Waals surface area contributed by atoms with Gasteiger partial charge in [0.05, 0.1) is 33.2 Å². The molecule has 0 bridgehead atoms. The molecule has 198 valence electrons. The molecule has 0 radical (unpaired) electrons. The van der Waals surface area contributed by atoms with Crippen LogP contribution in [0.1, 0.15) is 11.1 Å². The van der Waals surface area contributed by atoms with E-state index < -0.39 is 0 Å². The first-order valence-corrected chi connectivity index (χ1v) is 13.4. The number of rotatable bonds is 7. The van der Waals surface area contributed by atoms with Gasteiger partial charge < -0.3 is 13.9 Å². The van der Waals surface area contributed by atoms with Gasteiger partial charge in [-0.2, -0.15) is 9.78 Å². The smallest absolute Gasteiger partial charge is 0.282 e. The highest BCUT2D eigenvalue weighted by Crippen LogP contribution is 2.33. The summed E-state index contributed by atoms with van der Waals surface area (Å²) in [5.41, 5.74) is 2.45. The second-order valence-corrected chi connectivity index (χ2v) is 10.1. The molecule has 0 spiro atoms. The molecule has 0 saturated carbocycles. The summed E-state index contributed by atoms with van der Waals surface area (Å²) in [4.78, 5) is 18.3. The Hall–Kier alpha value is -4.51. The summed E-state index contributed by atoms with van der Waals surface area (Å²) in [6, 6.07) is 26.2. The Labute approximate surface area is 241 Å². The second-order valence-electron chi connectivity index (χ2n) is 8.90. The number of hydrogen-bond acceptors (Lipinski definition) is 6. The van der Waals surface area contributed by atoms with Gasteiger partial charge in [-0.1, -0.05) is 30.3 Å². The third kappa shape index (κ3) is 5.07. The fourth-order valence-corrected chi connectivity index (χ4v) is 4.99. The molecule has 6 rings (SSSR count). The summed E-state index contributed by atoms with van der Waals surface area (Å²) < 4.78 is 32.7. The SMILES string of the molecule is COc1cccc2oc(-c3nc4ccccc4c(=O)n3N=Cc3ccc(OCc4ccc(F)cc4)c(I)c3)cc12. The highest BCUT2D eigenvalue weighted by atomic mass is 127. The van der Waals surface area contributed by atoms with E-state index >= 15 is 0 Å². The van der Waals surface area contributed by atoms with Gasteiger partial charge in [0.1, 0.15) is 29.5 Å². The zero-order chi connectivity index (χ0) is 27.6. The van der Waals surface area contributed by atoms with Crippen molar-refractivity contribution in [3.63, 3.8) is 0 Å². The molecule has 7 nitrogen and oxygen atoms in total. The van der Waals surface area contributed by atoms with E-state index in [4.69, 9.17) is 18.9 Å². The maximum atomic E-state index is 13.5. The van der Waals surface area contributed by atoms with E-state index in [0.717, 1.165) is 20.1 Å². The van der Waals surface area contributed by atoms with Gasteiger partial charge in [0.15, 0.2) is 5.76 Å². The summed E-state index contributed by atoms with van der Waals surface area (Å²) in [6.07, 6.45) is 1.59. The van der Waals surface area contributed by atoms with E-state index in [2.05, 4.69) is 27.7 Å². The summed E-state index contributed by atoms with van der Waals surface area (Å²) in [6.45, 7) is 0.313. The van der Waals surface area contributed by atoms with Crippen LogP contribution in [0.2, 0.25) is 0 Å². The maximum Gasteiger partial charge on any atom is 0.282 e. The predicted octanol–water partition coefficient (Wildman–Crippen LogP) is 7.02. The molecule has 0 saturated heterocycles. The molecule has 9 heteroatoms. The van der Waals surface area contributed by atoms with Crippen molar-refractivity contribution >= 4 is 50.7 Å². The van der Waals surface area contributed by atoms with Crippen LogP contribution in [0.4, 0.5) is 4.39 Å². The van der Waals surface area contributed by atoms with Gasteiger partial charge in [0, 0.05) is 0 Å². The van der Waals surface area contributed by atoms with E-state index in [-0.39, 0.29) is 17.2 Å². The summed E-state index contributed by atoms with van der Waals surface area (Å²) in [5, 5.41) is 5.74. The number of benzene rings is 4. The van der Waals surface area contributed by atoms with Crippen molar-refractivity contribution in [3.8, 4) is 23.1 Å². The lowest BCUT2D eigenvalue weighted by Gasteiger charge is -2.09. The number of ether oxygens (including phenoxy) is 2. The number of furan rings is 1. The van der Waals surface area contributed by atoms with Crippen molar-refractivity contribution in [3.05, 3.63) is 122 Å². The van der Waals surface area contributed by atoms with Crippen LogP contribution in [0, 0.1) is 9.39 Å². The first-order valence-electron chi connectivity index (χ1n) is 12.3. The molecule has 0 N–H and O–H groups in total. The van der Waals surface area contributed by atoms with Crippen LogP contribution < -0.4 is 15.0 Å². The lowest BCUT2D eigenvalue weighted by atomic mass is 10.2. The third-order valence-corrected chi connectivity index (χ3v) is 7.14. The minimum atomic E-state index is -0.321. The Morgan fingerprint density at radius 3 is 2.60 bits per heavy atom. The van der Waals surface area contributed by atoms with E-state index in [0.29, 0.717) is 40.4 Å². The van der Waals surface area contributed by atoms with Crippen molar-refractivity contribution in [1.82, 2.24) is 9.66 Å². The molecule has 0 fully saturated rings. The molecule has 0 unspecified atom stereocenters. The van der Waals surface area contributed by atoms with Crippen LogP contribution in [0.15, 0.2) is 105 Å². The van der Waals surface area contributed by atoms with Crippen LogP contribution in [0.5, 0.6) is 11.5 Å². The van der Waals surface area contributed by atoms with Gasteiger partial charge in [-0.25, -0.2) is 9.37 Å². The fourth-order valence-electron chi connectivity index (χ4n) is 4.29. The minimum absolute atomic E-state index is 0.271. The topological polar surface area (TPSA) is 78.9 Å². The van der Waals surface area contributed by atoms with Crippen LogP contribution in [-0.2, 0) is 6.61 Å². The quantitative estimate of drug-likeness (QED) is 0.138. The number of hydrogen-bond donors (Lipinski definition) is 0. The van der Waals surface area contributed by atoms with Gasteiger partial charge >= 0.3 is 0 Å². The first-order chi connectivity index (χ1) is 19.5. The van der Waals surface area contributed by atoms with E-state index in [1.165, 1.54) is 16.8 Å². The second kappa shape index (κ2) is 10.9. The largest absolute Gasteiger partial charge is 0.496 e. The molecule has 2 aromatic heterocycles. The summed E-state index contributed by atoms with van der Waals surface area (Å²) in [7, 11) is 1.59. The normalized spacial score (nSPS) is 11.5. The van der Waals surface area contributed by atoms with E-state index in [9.17, 15) is 9.18 Å². The molecule has 40 heavy (non-hydrogen) atoms. The van der Waals surface area contributed by atoms with Crippen molar-refractivity contribution in [2.24, 2.45) is 5.10 Å². The third-order valence-electron chi connectivity index (χ3n) is 6.30. The van der Waals surface area contributed by atoms with Crippen LogP contribution in [-0.4, -0.2) is 23.0 Å². The van der Waals surface area contributed by atoms with Crippen molar-refractivity contribution in [2.45, 2.75) is 6.61 Å².